The van der Waals surface area contributed by atoms with Gasteiger partial charge in [-0.2, -0.15) is 0 Å². The molecule has 0 heterocycles. The van der Waals surface area contributed by atoms with Crippen molar-refractivity contribution in [2.75, 3.05) is 19.7 Å². The average molecular weight is 299 g/mol. The summed E-state index contributed by atoms with van der Waals surface area (Å²) in [5, 5.41) is 3.32. The summed E-state index contributed by atoms with van der Waals surface area (Å²) in [5.41, 5.74) is 6.55. The molecule has 0 saturated heterocycles. The molecule has 0 saturated carbocycles. The average Bonchev–Trinajstić information content (AvgIpc) is 2.37. The second kappa shape index (κ2) is 8.82. The zero-order valence-corrected chi connectivity index (χ0v) is 12.9. The van der Waals surface area contributed by atoms with Crippen LogP contribution >= 0.6 is 11.6 Å². The SMILES string of the molecule is CC(C)CCNC(=O)COc1ccc(CCN)cc1Cl. The third-order valence-corrected chi connectivity index (χ3v) is 3.13. The maximum atomic E-state index is 11.6. The van der Waals surface area contributed by atoms with Crippen LogP contribution in [0.25, 0.3) is 0 Å². The molecule has 0 atom stereocenters. The van der Waals surface area contributed by atoms with E-state index in [-0.39, 0.29) is 12.5 Å². The van der Waals surface area contributed by atoms with Crippen molar-refractivity contribution in [3.8, 4) is 5.75 Å². The number of ether oxygens (including phenoxy) is 1. The Labute approximate surface area is 125 Å². The van der Waals surface area contributed by atoms with Crippen molar-refractivity contribution in [2.45, 2.75) is 26.7 Å². The number of hydrogen-bond acceptors (Lipinski definition) is 3. The van der Waals surface area contributed by atoms with Gasteiger partial charge in [0.1, 0.15) is 5.75 Å². The van der Waals surface area contributed by atoms with Crippen LogP contribution in [0.3, 0.4) is 0 Å². The van der Waals surface area contributed by atoms with Crippen molar-refractivity contribution in [1.82, 2.24) is 5.32 Å². The Bertz CT molecular complexity index is 436. The van der Waals surface area contributed by atoms with E-state index in [4.69, 9.17) is 22.1 Å². The van der Waals surface area contributed by atoms with Gasteiger partial charge in [0.2, 0.25) is 0 Å². The van der Waals surface area contributed by atoms with Crippen LogP contribution in [0, 0.1) is 5.92 Å². The molecule has 0 unspecified atom stereocenters. The van der Waals surface area contributed by atoms with Gasteiger partial charge < -0.3 is 15.8 Å². The molecular formula is C15H23ClN2O2. The quantitative estimate of drug-likeness (QED) is 0.774. The summed E-state index contributed by atoms with van der Waals surface area (Å²) in [6.45, 7) is 5.46. The fraction of sp³-hybridized carbons (Fsp3) is 0.533. The first kappa shape index (κ1) is 16.8. The number of nitrogens with one attached hydrogen (secondary N) is 1. The van der Waals surface area contributed by atoms with Crippen LogP contribution in [-0.2, 0) is 11.2 Å². The van der Waals surface area contributed by atoms with Crippen molar-refractivity contribution in [3.05, 3.63) is 28.8 Å². The van der Waals surface area contributed by atoms with Crippen molar-refractivity contribution >= 4 is 17.5 Å². The van der Waals surface area contributed by atoms with Crippen LogP contribution in [0.5, 0.6) is 5.75 Å². The summed E-state index contributed by atoms with van der Waals surface area (Å²) in [5.74, 6) is 0.958. The van der Waals surface area contributed by atoms with Crippen molar-refractivity contribution < 1.29 is 9.53 Å². The van der Waals surface area contributed by atoms with E-state index in [1.807, 2.05) is 12.1 Å². The lowest BCUT2D eigenvalue weighted by Gasteiger charge is -2.10. The molecule has 5 heteroatoms. The number of benzene rings is 1. The molecule has 0 aliphatic heterocycles. The van der Waals surface area contributed by atoms with E-state index in [0.29, 0.717) is 29.8 Å². The van der Waals surface area contributed by atoms with Gasteiger partial charge in [-0.1, -0.05) is 31.5 Å². The molecule has 0 fully saturated rings. The highest BCUT2D eigenvalue weighted by Gasteiger charge is 2.06. The summed E-state index contributed by atoms with van der Waals surface area (Å²) in [7, 11) is 0. The van der Waals surface area contributed by atoms with Crippen LogP contribution in [0.15, 0.2) is 18.2 Å². The summed E-state index contributed by atoms with van der Waals surface area (Å²) in [6.07, 6.45) is 1.73. The van der Waals surface area contributed by atoms with Gasteiger partial charge in [0.25, 0.3) is 5.91 Å². The van der Waals surface area contributed by atoms with E-state index >= 15 is 0 Å². The number of carbonyl (C=O) groups excluding carboxylic acids is 1. The number of rotatable bonds is 8. The number of hydrogen-bond donors (Lipinski definition) is 2. The van der Waals surface area contributed by atoms with Gasteiger partial charge in [-0.05, 0) is 43.0 Å². The lowest BCUT2D eigenvalue weighted by atomic mass is 10.1. The van der Waals surface area contributed by atoms with Crippen molar-refractivity contribution in [1.29, 1.82) is 0 Å². The summed E-state index contributed by atoms with van der Waals surface area (Å²) >= 11 is 6.10. The van der Waals surface area contributed by atoms with Gasteiger partial charge in [0.05, 0.1) is 5.02 Å². The maximum Gasteiger partial charge on any atom is 0.257 e. The zero-order valence-electron chi connectivity index (χ0n) is 12.1. The summed E-state index contributed by atoms with van der Waals surface area (Å²) in [4.78, 5) is 11.6. The minimum Gasteiger partial charge on any atom is -0.482 e. The van der Waals surface area contributed by atoms with E-state index in [9.17, 15) is 4.79 Å². The van der Waals surface area contributed by atoms with Gasteiger partial charge in [-0.3, -0.25) is 4.79 Å². The predicted octanol–water partition coefficient (Wildman–Crippen LogP) is 2.38. The standard InChI is InChI=1S/C15H23ClN2O2/c1-11(2)6-8-18-15(19)10-20-14-4-3-12(5-7-17)9-13(14)16/h3-4,9,11H,5-8,10,17H2,1-2H3,(H,18,19). The molecule has 1 rings (SSSR count). The first-order chi connectivity index (χ1) is 9.52. The minimum absolute atomic E-state index is 0.0198. The summed E-state index contributed by atoms with van der Waals surface area (Å²) in [6, 6.07) is 5.50. The molecule has 0 bridgehead atoms. The highest BCUT2D eigenvalue weighted by Crippen LogP contribution is 2.25. The first-order valence-corrected chi connectivity index (χ1v) is 7.28. The highest BCUT2D eigenvalue weighted by molar-refractivity contribution is 6.32. The van der Waals surface area contributed by atoms with E-state index in [2.05, 4.69) is 19.2 Å². The number of amides is 1. The van der Waals surface area contributed by atoms with Gasteiger partial charge >= 0.3 is 0 Å². The Morgan fingerprint density at radius 1 is 1.45 bits per heavy atom. The fourth-order valence-electron chi connectivity index (χ4n) is 1.68. The molecule has 1 aromatic carbocycles. The van der Waals surface area contributed by atoms with Gasteiger partial charge in [0, 0.05) is 6.54 Å². The molecule has 0 aliphatic carbocycles. The number of nitrogens with two attached hydrogens (primary N) is 1. The monoisotopic (exact) mass is 298 g/mol. The Morgan fingerprint density at radius 3 is 2.80 bits per heavy atom. The molecule has 20 heavy (non-hydrogen) atoms. The van der Waals surface area contributed by atoms with Crippen LogP contribution in [-0.4, -0.2) is 25.6 Å². The lowest BCUT2D eigenvalue weighted by Crippen LogP contribution is -2.30. The van der Waals surface area contributed by atoms with Crippen LogP contribution in [0.4, 0.5) is 0 Å². The first-order valence-electron chi connectivity index (χ1n) is 6.91. The molecule has 0 aromatic heterocycles. The Morgan fingerprint density at radius 2 is 2.20 bits per heavy atom. The molecule has 0 radical (unpaired) electrons. The van der Waals surface area contributed by atoms with E-state index in [0.717, 1.165) is 18.4 Å². The van der Waals surface area contributed by atoms with Crippen molar-refractivity contribution in [2.24, 2.45) is 11.7 Å². The van der Waals surface area contributed by atoms with Crippen molar-refractivity contribution in [3.63, 3.8) is 0 Å². The van der Waals surface area contributed by atoms with Gasteiger partial charge in [0.15, 0.2) is 6.61 Å². The Balaban J connectivity index is 2.39. The largest absolute Gasteiger partial charge is 0.482 e. The molecular weight excluding hydrogens is 276 g/mol. The van der Waals surface area contributed by atoms with Crippen LogP contribution < -0.4 is 15.8 Å². The topological polar surface area (TPSA) is 64.3 Å². The van der Waals surface area contributed by atoms with Gasteiger partial charge in [-0.15, -0.1) is 0 Å². The highest BCUT2D eigenvalue weighted by atomic mass is 35.5. The van der Waals surface area contributed by atoms with E-state index in [1.54, 1.807) is 6.07 Å². The molecule has 3 N–H and O–H groups in total. The summed E-state index contributed by atoms with van der Waals surface area (Å²) < 4.78 is 5.41. The fourth-order valence-corrected chi connectivity index (χ4v) is 1.94. The molecule has 0 spiro atoms. The molecule has 4 nitrogen and oxygen atoms in total. The third-order valence-electron chi connectivity index (χ3n) is 2.83. The lowest BCUT2D eigenvalue weighted by molar-refractivity contribution is -0.123. The molecule has 1 aromatic rings. The van der Waals surface area contributed by atoms with Crippen LogP contribution in [0.1, 0.15) is 25.8 Å². The van der Waals surface area contributed by atoms with Gasteiger partial charge in [-0.25, -0.2) is 0 Å². The van der Waals surface area contributed by atoms with E-state index in [1.165, 1.54) is 0 Å². The Hall–Kier alpha value is -1.26. The Kier molecular flexibility index (Phi) is 7.41. The second-order valence-electron chi connectivity index (χ2n) is 5.12. The maximum absolute atomic E-state index is 11.6. The number of carbonyl (C=O) groups is 1. The molecule has 0 aliphatic rings. The smallest absolute Gasteiger partial charge is 0.257 e. The normalized spacial score (nSPS) is 10.7. The number of halogens is 1. The molecule has 1 amide bonds. The minimum atomic E-state index is -0.132. The predicted molar refractivity (Wildman–Crippen MR) is 82.2 cm³/mol. The van der Waals surface area contributed by atoms with E-state index < -0.39 is 0 Å². The molecule has 112 valence electrons. The second-order valence-corrected chi connectivity index (χ2v) is 5.53. The van der Waals surface area contributed by atoms with Crippen LogP contribution in [0.2, 0.25) is 5.02 Å². The third kappa shape index (κ3) is 6.26. The zero-order chi connectivity index (χ0) is 15.0.